The number of nitrogens with zero attached hydrogens (tertiary/aromatic N) is 9. The van der Waals surface area contributed by atoms with E-state index in [9.17, 15) is 0 Å². The highest BCUT2D eigenvalue weighted by Gasteiger charge is 2.25. The predicted molar refractivity (Wildman–Crippen MR) is 424 cm³/mol. The Kier molecular flexibility index (Phi) is 14.7. The van der Waals surface area contributed by atoms with Crippen LogP contribution in [-0.4, -0.2) is 33.2 Å². The van der Waals surface area contributed by atoms with E-state index < -0.39 is 0 Å². The van der Waals surface area contributed by atoms with Gasteiger partial charge in [-0.05, 0) is 164 Å². The minimum absolute atomic E-state index is 0.894. The van der Waals surface area contributed by atoms with Gasteiger partial charge in [-0.1, -0.05) is 200 Å². The van der Waals surface area contributed by atoms with Crippen LogP contribution in [0.25, 0.3) is 133 Å². The third-order valence-corrected chi connectivity index (χ3v) is 19.7. The first-order chi connectivity index (χ1) is 50.7. The van der Waals surface area contributed by atoms with Crippen molar-refractivity contribution in [3.05, 3.63) is 383 Å². The zero-order valence-corrected chi connectivity index (χ0v) is 55.4. The lowest BCUT2D eigenvalue weighted by atomic mass is 10.00. The van der Waals surface area contributed by atoms with Gasteiger partial charge >= 0.3 is 0 Å². The van der Waals surface area contributed by atoms with Crippen molar-refractivity contribution in [1.29, 1.82) is 0 Å². The van der Waals surface area contributed by atoms with Gasteiger partial charge in [0.05, 0.1) is 61.7 Å². The highest BCUT2D eigenvalue weighted by atomic mass is 15.2. The lowest BCUT2D eigenvalue weighted by Gasteiger charge is -2.26. The molecule has 0 aliphatic rings. The van der Waals surface area contributed by atoms with Crippen molar-refractivity contribution in [3.63, 3.8) is 0 Å². The second-order valence-electron chi connectivity index (χ2n) is 25.5. The van der Waals surface area contributed by atoms with E-state index in [1.54, 1.807) is 0 Å². The molecule has 0 unspecified atom stereocenters. The van der Waals surface area contributed by atoms with Crippen molar-refractivity contribution in [2.24, 2.45) is 0 Å². The molecule has 7 aromatic heterocycles. The second-order valence-corrected chi connectivity index (χ2v) is 25.5. The highest BCUT2D eigenvalue weighted by Crippen LogP contribution is 2.46. The van der Waals surface area contributed by atoms with E-state index in [0.29, 0.717) is 0 Å². The first kappa shape index (κ1) is 59.4. The summed E-state index contributed by atoms with van der Waals surface area (Å²) in [5.41, 5.74) is 23.1. The summed E-state index contributed by atoms with van der Waals surface area (Å²) in [6.45, 7) is 0. The molecule has 102 heavy (non-hydrogen) atoms. The van der Waals surface area contributed by atoms with Crippen LogP contribution >= 0.6 is 0 Å². The maximum Gasteiger partial charge on any atom is 0.137 e. The number of aromatic nitrogens is 7. The van der Waals surface area contributed by atoms with Crippen molar-refractivity contribution in [2.45, 2.75) is 0 Å². The van der Waals surface area contributed by atoms with Gasteiger partial charge in [0.1, 0.15) is 5.82 Å². The number of hydrogen-bond donors (Lipinski definition) is 0. The van der Waals surface area contributed by atoms with Crippen LogP contribution in [0.1, 0.15) is 0 Å². The van der Waals surface area contributed by atoms with E-state index in [-0.39, 0.29) is 0 Å². The lowest BCUT2D eigenvalue weighted by Crippen LogP contribution is -2.10. The van der Waals surface area contributed by atoms with E-state index in [0.717, 1.165) is 124 Å². The Labute approximate surface area is 588 Å². The summed E-state index contributed by atoms with van der Waals surface area (Å²) in [4.78, 5) is 19.6. The Morgan fingerprint density at radius 3 is 1.21 bits per heavy atom. The zero-order valence-electron chi connectivity index (χ0n) is 55.4. The molecule has 0 N–H and O–H groups in total. The number of pyridine rings is 3. The fourth-order valence-electron chi connectivity index (χ4n) is 15.5. The molecule has 20 aromatic rings. The minimum atomic E-state index is 0.894. The largest absolute Gasteiger partial charge is 0.311 e. The minimum Gasteiger partial charge on any atom is -0.311 e. The van der Waals surface area contributed by atoms with Crippen LogP contribution in [0.2, 0.25) is 0 Å². The molecule has 9 nitrogen and oxygen atoms in total. The Morgan fingerprint density at radius 1 is 0.216 bits per heavy atom. The number of fused-ring (bicyclic) bond motifs is 12. The van der Waals surface area contributed by atoms with Crippen LogP contribution in [0.3, 0.4) is 0 Å². The molecule has 7 heterocycles. The molecule has 0 atom stereocenters. The van der Waals surface area contributed by atoms with Gasteiger partial charge in [0, 0.05) is 118 Å². The van der Waals surface area contributed by atoms with Crippen LogP contribution < -0.4 is 9.80 Å². The first-order valence-corrected chi connectivity index (χ1v) is 34.5. The fraction of sp³-hybridized carbons (Fsp3) is 0. The average molecular weight is 1310 g/mol. The topological polar surface area (TPSA) is 64.9 Å². The summed E-state index contributed by atoms with van der Waals surface area (Å²) in [7, 11) is 0. The summed E-state index contributed by atoms with van der Waals surface area (Å²) < 4.78 is 9.33. The summed E-state index contributed by atoms with van der Waals surface area (Å²) in [5.74, 6) is 0.894. The van der Waals surface area contributed by atoms with Crippen molar-refractivity contribution in [3.8, 4) is 45.4 Å². The van der Waals surface area contributed by atoms with E-state index in [1.807, 2.05) is 30.7 Å². The molecular weight excluding hydrogens is 1240 g/mol. The summed E-state index contributed by atoms with van der Waals surface area (Å²) >= 11 is 0. The standard InChI is InChI=1S/C47H32N4.C46H31N5/c1-4-16-33(17-5-1)49(34-18-6-2-7-19-34)36-22-14-23-37(30-36)51-44-28-13-11-25-40(44)47-39(26-15-29-45(47)51)42-31-41-38-24-10-12-27-43(38)50(46(41)32-48-42)35-20-8-3-9-21-35;1-3-14-32(15-4-1)49(33-16-5-2-6-17-33)34-25-27-35(28-26-34)50-39-21-9-8-19-37(39)45-42(50)29-31-48-46(45)38-20-13-23-41-44(38)36-18-7-10-22-40(36)51(41)43-24-11-12-30-47-43/h1-32H;1-31H. The number of hydrogen-bond acceptors (Lipinski definition) is 5. The Bertz CT molecular complexity index is 6410. The molecular formula is C93H63N9. The fourth-order valence-corrected chi connectivity index (χ4v) is 15.5. The van der Waals surface area contributed by atoms with Crippen LogP contribution in [0.4, 0.5) is 34.1 Å². The van der Waals surface area contributed by atoms with Crippen LogP contribution in [0, 0.1) is 0 Å². The lowest BCUT2D eigenvalue weighted by molar-refractivity contribution is 1.08. The molecule has 0 aliphatic heterocycles. The zero-order chi connectivity index (χ0) is 67.5. The van der Waals surface area contributed by atoms with Gasteiger partial charge in [0.15, 0.2) is 0 Å². The molecule has 13 aromatic carbocycles. The van der Waals surface area contributed by atoms with Crippen molar-refractivity contribution >= 4 is 121 Å². The Balaban J connectivity index is 0.000000141. The number of anilines is 6. The van der Waals surface area contributed by atoms with Gasteiger partial charge in [-0.2, -0.15) is 0 Å². The predicted octanol–water partition coefficient (Wildman–Crippen LogP) is 24.2. The second kappa shape index (κ2) is 25.2. The van der Waals surface area contributed by atoms with Crippen LogP contribution in [-0.2, 0) is 0 Å². The van der Waals surface area contributed by atoms with Gasteiger partial charge in [-0.15, -0.1) is 0 Å². The molecule has 0 radical (unpaired) electrons. The molecule has 0 spiro atoms. The average Bonchev–Trinajstić information content (AvgIpc) is 1.57. The number of benzene rings is 13. The van der Waals surface area contributed by atoms with Gasteiger partial charge in [-0.25, -0.2) is 4.98 Å². The van der Waals surface area contributed by atoms with Gasteiger partial charge < -0.3 is 23.5 Å². The van der Waals surface area contributed by atoms with E-state index >= 15 is 0 Å². The molecule has 20 rings (SSSR count). The molecule has 0 saturated heterocycles. The molecule has 0 saturated carbocycles. The molecule has 0 fully saturated rings. The van der Waals surface area contributed by atoms with Gasteiger partial charge in [0.25, 0.3) is 0 Å². The number of rotatable bonds is 12. The third-order valence-electron chi connectivity index (χ3n) is 19.7. The maximum absolute atomic E-state index is 5.17. The molecule has 0 aliphatic carbocycles. The molecule has 0 bridgehead atoms. The first-order valence-electron chi connectivity index (χ1n) is 34.5. The van der Waals surface area contributed by atoms with Crippen molar-refractivity contribution in [1.82, 2.24) is 33.2 Å². The monoisotopic (exact) mass is 1310 g/mol. The quantitative estimate of drug-likeness (QED) is 0.122. The van der Waals surface area contributed by atoms with Gasteiger partial charge in [-0.3, -0.25) is 14.5 Å². The number of para-hydroxylation sites is 9. The normalized spacial score (nSPS) is 11.5. The molecule has 9 heteroatoms. The van der Waals surface area contributed by atoms with E-state index in [1.165, 1.54) is 43.2 Å². The molecule has 0 amide bonds. The van der Waals surface area contributed by atoms with Crippen LogP contribution in [0.15, 0.2) is 383 Å². The highest BCUT2D eigenvalue weighted by molar-refractivity contribution is 6.22. The SMILES string of the molecule is c1ccc(N(c2ccccc2)c2ccc(-n3c4ccccc4c4c(-c5cccc6c5c5ccccc5n6-c5ccccn5)nccc43)cc2)cc1.c1ccc(N(c2ccccc2)c2cccc(-n3c4ccccc4c4c(-c5cc6c7ccccc7n(-c7ccccc7)c6cn5)cccc43)c2)cc1. The van der Waals surface area contributed by atoms with Crippen molar-refractivity contribution in [2.75, 3.05) is 9.80 Å². The van der Waals surface area contributed by atoms with Gasteiger partial charge in [0.2, 0.25) is 0 Å². The van der Waals surface area contributed by atoms with E-state index in [2.05, 4.69) is 380 Å². The summed E-state index contributed by atoms with van der Waals surface area (Å²) in [6.07, 6.45) is 5.84. The summed E-state index contributed by atoms with van der Waals surface area (Å²) in [6, 6.07) is 129. The smallest absolute Gasteiger partial charge is 0.137 e. The maximum atomic E-state index is 5.17. The Morgan fingerprint density at radius 2 is 0.618 bits per heavy atom. The third kappa shape index (κ3) is 10.1. The Hall–Kier alpha value is -13.9. The summed E-state index contributed by atoms with van der Waals surface area (Å²) in [5, 5.41) is 9.44. The molecule has 480 valence electrons. The van der Waals surface area contributed by atoms with E-state index in [4.69, 9.17) is 15.0 Å². The van der Waals surface area contributed by atoms with Crippen LogP contribution in [0.5, 0.6) is 0 Å². The van der Waals surface area contributed by atoms with Crippen molar-refractivity contribution < 1.29 is 0 Å².